The van der Waals surface area contributed by atoms with Gasteiger partial charge in [-0.15, -0.1) is 13.2 Å². The van der Waals surface area contributed by atoms with E-state index in [0.717, 1.165) is 0 Å². The van der Waals surface area contributed by atoms with Gasteiger partial charge in [0.1, 0.15) is 0 Å². The molecule has 7 heteroatoms. The van der Waals surface area contributed by atoms with Gasteiger partial charge in [-0.1, -0.05) is 42.5 Å². The van der Waals surface area contributed by atoms with Gasteiger partial charge >= 0.3 is 7.25 Å². The van der Waals surface area contributed by atoms with Gasteiger partial charge in [0.2, 0.25) is 5.78 Å². The second-order valence-electron chi connectivity index (χ2n) is 4.26. The van der Waals surface area contributed by atoms with Gasteiger partial charge < -0.3 is 17.3 Å². The Kier molecular flexibility index (Phi) is 8.10. The van der Waals surface area contributed by atoms with Crippen LogP contribution in [0.2, 0.25) is 0 Å². The Morgan fingerprint density at radius 1 is 1.10 bits per heavy atom. The molecule has 1 aromatic rings. The van der Waals surface area contributed by atoms with Crippen molar-refractivity contribution in [2.24, 2.45) is 0 Å². The molecule has 0 aromatic heterocycles. The third-order valence-corrected chi connectivity index (χ3v) is 3.09. The SMILES string of the molecule is C=CCC([SH2+])(CC=C)C(=O)c1ccccc1.F[B-](F)(F)F. The summed E-state index contributed by atoms with van der Waals surface area (Å²) in [7, 11) is -6.00. The normalized spacial score (nSPS) is 11.1. The van der Waals surface area contributed by atoms with E-state index in [1.165, 1.54) is 0 Å². The largest absolute Gasteiger partial charge is 0.673 e. The average molecular weight is 320 g/mol. The van der Waals surface area contributed by atoms with Crippen LogP contribution < -0.4 is 0 Å². The van der Waals surface area contributed by atoms with Crippen LogP contribution >= 0.6 is 0 Å². The first-order valence-corrected chi connectivity index (χ1v) is 6.58. The van der Waals surface area contributed by atoms with Crippen LogP contribution in [0.4, 0.5) is 17.3 Å². The Morgan fingerprint density at radius 3 is 1.81 bits per heavy atom. The zero-order chi connectivity index (χ0) is 16.5. The van der Waals surface area contributed by atoms with Crippen molar-refractivity contribution in [3.63, 3.8) is 0 Å². The lowest BCUT2D eigenvalue weighted by Crippen LogP contribution is -2.35. The number of benzene rings is 1. The summed E-state index contributed by atoms with van der Waals surface area (Å²) in [5, 5.41) is 0. The van der Waals surface area contributed by atoms with E-state index in [1.807, 2.05) is 30.3 Å². The molecule has 1 rings (SSSR count). The van der Waals surface area contributed by atoms with E-state index >= 15 is 0 Å². The summed E-state index contributed by atoms with van der Waals surface area (Å²) >= 11 is 3.57. The summed E-state index contributed by atoms with van der Waals surface area (Å²) in [6.07, 6.45) is 4.67. The first-order valence-electron chi connectivity index (χ1n) is 6.08. The van der Waals surface area contributed by atoms with Gasteiger partial charge in [-0.05, 0) is 12.6 Å². The topological polar surface area (TPSA) is 17.1 Å². The third-order valence-electron chi connectivity index (χ3n) is 2.46. The molecule has 1 nitrogen and oxygen atoms in total. The minimum Gasteiger partial charge on any atom is -0.418 e. The molecule has 0 heterocycles. The zero-order valence-electron chi connectivity index (χ0n) is 11.4. The zero-order valence-corrected chi connectivity index (χ0v) is 12.4. The Bertz CT molecular complexity index is 458. The number of allylic oxidation sites excluding steroid dienone is 2. The maximum absolute atomic E-state index is 12.3. The van der Waals surface area contributed by atoms with Crippen LogP contribution in [0, 0.1) is 0 Å². The molecular formula is C14H17BF4OS. The maximum atomic E-state index is 12.3. The van der Waals surface area contributed by atoms with Crippen LogP contribution in [0.15, 0.2) is 55.6 Å². The smallest absolute Gasteiger partial charge is 0.418 e. The van der Waals surface area contributed by atoms with Crippen molar-refractivity contribution in [3.8, 4) is 0 Å². The molecule has 21 heavy (non-hydrogen) atoms. The van der Waals surface area contributed by atoms with Crippen LogP contribution in [0.25, 0.3) is 0 Å². The predicted octanol–water partition coefficient (Wildman–Crippen LogP) is 4.07. The Morgan fingerprint density at radius 2 is 1.48 bits per heavy atom. The summed E-state index contributed by atoms with van der Waals surface area (Å²) < 4.78 is 38.4. The fraction of sp³-hybridized carbons (Fsp3) is 0.214. The van der Waals surface area contributed by atoms with E-state index in [0.29, 0.717) is 18.4 Å². The van der Waals surface area contributed by atoms with Gasteiger partial charge in [0, 0.05) is 18.4 Å². The quantitative estimate of drug-likeness (QED) is 0.254. The van der Waals surface area contributed by atoms with Crippen molar-refractivity contribution >= 4 is 25.7 Å². The number of Topliss-reactive ketones (excluding diaryl/α,β-unsaturated/α-hetero) is 1. The Hall–Kier alpha value is -1.50. The molecule has 0 unspecified atom stereocenters. The molecule has 0 bridgehead atoms. The molecule has 0 amide bonds. The molecule has 1 aromatic carbocycles. The number of carbonyl (C=O) groups excluding carboxylic acids is 1. The third kappa shape index (κ3) is 8.39. The number of hydrogen-bond donors (Lipinski definition) is 0. The van der Waals surface area contributed by atoms with Gasteiger partial charge in [-0.25, -0.2) is 0 Å². The van der Waals surface area contributed by atoms with Crippen LogP contribution in [-0.2, 0) is 12.6 Å². The molecule has 0 saturated heterocycles. The van der Waals surface area contributed by atoms with Gasteiger partial charge in [0.05, 0.1) is 0 Å². The minimum absolute atomic E-state index is 0.0737. The van der Waals surface area contributed by atoms with Crippen molar-refractivity contribution in [1.29, 1.82) is 0 Å². The number of rotatable bonds is 6. The summed E-state index contributed by atoms with van der Waals surface area (Å²) in [5.74, 6) is 0.0737. The van der Waals surface area contributed by atoms with Crippen LogP contribution in [0.5, 0.6) is 0 Å². The van der Waals surface area contributed by atoms with E-state index in [2.05, 4.69) is 25.8 Å². The number of halogens is 4. The van der Waals surface area contributed by atoms with Gasteiger partial charge in [-0.2, -0.15) is 0 Å². The maximum Gasteiger partial charge on any atom is 0.673 e. The van der Waals surface area contributed by atoms with Crippen molar-refractivity contribution < 1.29 is 22.1 Å². The monoisotopic (exact) mass is 320 g/mol. The lowest BCUT2D eigenvalue weighted by molar-refractivity contribution is 0.0944. The first kappa shape index (κ1) is 19.5. The molecule has 0 spiro atoms. The Balaban J connectivity index is 0.000000690. The molecule has 0 aliphatic carbocycles. The second-order valence-corrected chi connectivity index (χ2v) is 5.21. The van der Waals surface area contributed by atoms with Gasteiger partial charge in [0.25, 0.3) is 0 Å². The summed E-state index contributed by atoms with van der Waals surface area (Å²) in [6.45, 7) is 7.37. The minimum atomic E-state index is -6.00. The second kappa shape index (κ2) is 8.72. The van der Waals surface area contributed by atoms with Gasteiger partial charge in [-0.3, -0.25) is 4.79 Å². The molecule has 0 fully saturated rings. The van der Waals surface area contributed by atoms with E-state index in [9.17, 15) is 22.1 Å². The van der Waals surface area contributed by atoms with E-state index < -0.39 is 12.0 Å². The van der Waals surface area contributed by atoms with Crippen molar-refractivity contribution in [2.45, 2.75) is 17.6 Å². The molecule has 0 saturated carbocycles. The molecule has 0 atom stereocenters. The summed E-state index contributed by atoms with van der Waals surface area (Å²) in [4.78, 5) is 12.3. The van der Waals surface area contributed by atoms with Crippen molar-refractivity contribution in [3.05, 3.63) is 61.2 Å². The lowest BCUT2D eigenvalue weighted by Gasteiger charge is -2.18. The van der Waals surface area contributed by atoms with Crippen LogP contribution in [0.1, 0.15) is 23.2 Å². The first-order chi connectivity index (χ1) is 9.64. The highest BCUT2D eigenvalue weighted by molar-refractivity contribution is 7.61. The number of ketones is 1. The summed E-state index contributed by atoms with van der Waals surface area (Å²) in [6, 6.07) is 9.27. The standard InChI is InChI=1S/C14H16OS.BF4/c1-3-10-14(16,11-4-2)13(15)12-8-6-5-7-9-12;2-1(3,4)5/h3-9,16H,1-2,10-11H2;/q;-1/p+1. The predicted molar refractivity (Wildman–Crippen MR) is 83.5 cm³/mol. The van der Waals surface area contributed by atoms with E-state index in [4.69, 9.17) is 0 Å². The lowest BCUT2D eigenvalue weighted by atomic mass is 9.90. The fourth-order valence-corrected chi connectivity index (χ4v) is 2.06. The molecule has 0 aliphatic rings. The van der Waals surface area contributed by atoms with Crippen LogP contribution in [-0.4, -0.2) is 17.8 Å². The molecule has 0 N–H and O–H groups in total. The highest BCUT2D eigenvalue weighted by atomic mass is 32.1. The van der Waals surface area contributed by atoms with Crippen LogP contribution in [0.3, 0.4) is 0 Å². The highest BCUT2D eigenvalue weighted by Gasteiger charge is 2.38. The van der Waals surface area contributed by atoms with E-state index in [1.54, 1.807) is 12.2 Å². The molecular weight excluding hydrogens is 303 g/mol. The number of carbonyl (C=O) groups is 1. The van der Waals surface area contributed by atoms with Crippen molar-refractivity contribution in [2.75, 3.05) is 0 Å². The highest BCUT2D eigenvalue weighted by Crippen LogP contribution is 2.23. The fourth-order valence-electron chi connectivity index (χ4n) is 1.63. The number of hydrogen-bond acceptors (Lipinski definition) is 1. The Labute approximate surface area is 127 Å². The average Bonchev–Trinajstić information content (AvgIpc) is 2.37. The molecule has 116 valence electrons. The molecule has 0 radical (unpaired) electrons. The summed E-state index contributed by atoms with van der Waals surface area (Å²) in [5.41, 5.74) is 0.709. The van der Waals surface area contributed by atoms with Crippen molar-refractivity contribution in [1.82, 2.24) is 0 Å². The van der Waals surface area contributed by atoms with E-state index in [-0.39, 0.29) is 5.78 Å². The van der Waals surface area contributed by atoms with Gasteiger partial charge in [0.15, 0.2) is 4.75 Å². The molecule has 0 aliphatic heterocycles.